The molecule has 0 N–H and O–H groups in total. The van der Waals surface area contributed by atoms with Crippen molar-refractivity contribution in [1.82, 2.24) is 4.90 Å². The van der Waals surface area contributed by atoms with Crippen LogP contribution in [0.1, 0.15) is 44.3 Å². The van der Waals surface area contributed by atoms with Crippen LogP contribution in [0.3, 0.4) is 0 Å². The van der Waals surface area contributed by atoms with E-state index in [1.807, 2.05) is 19.1 Å². The summed E-state index contributed by atoms with van der Waals surface area (Å²) < 4.78 is 5.91. The van der Waals surface area contributed by atoms with Crippen LogP contribution in [0.5, 0.6) is 0 Å². The zero-order chi connectivity index (χ0) is 16.9. The number of furan rings is 1. The minimum absolute atomic E-state index is 0.160. The minimum atomic E-state index is 0.160. The van der Waals surface area contributed by atoms with Gasteiger partial charge >= 0.3 is 0 Å². The van der Waals surface area contributed by atoms with Crippen LogP contribution in [0.4, 0.5) is 5.69 Å². The Morgan fingerprint density at radius 1 is 1.12 bits per heavy atom. The first-order chi connectivity index (χ1) is 11.7. The fourth-order valence-electron chi connectivity index (χ4n) is 3.22. The second-order valence-corrected chi connectivity index (χ2v) is 6.29. The van der Waals surface area contributed by atoms with Crippen molar-refractivity contribution in [2.45, 2.75) is 39.7 Å². The van der Waals surface area contributed by atoms with Crippen LogP contribution in [0.25, 0.3) is 0 Å². The maximum absolute atomic E-state index is 5.91. The predicted molar refractivity (Wildman–Crippen MR) is 99.6 cm³/mol. The van der Waals surface area contributed by atoms with E-state index in [0.29, 0.717) is 0 Å². The van der Waals surface area contributed by atoms with Gasteiger partial charge in [-0.3, -0.25) is 5.01 Å². The Labute approximate surface area is 144 Å². The molecule has 1 aliphatic heterocycles. The third-order valence-electron chi connectivity index (χ3n) is 4.69. The molecular weight excluding hydrogens is 298 g/mol. The van der Waals surface area contributed by atoms with Crippen LogP contribution < -0.4 is 5.01 Å². The summed E-state index contributed by atoms with van der Waals surface area (Å²) in [6, 6.07) is 14.7. The van der Waals surface area contributed by atoms with Crippen LogP contribution >= 0.6 is 0 Å². The van der Waals surface area contributed by atoms with Gasteiger partial charge < -0.3 is 9.32 Å². The zero-order valence-corrected chi connectivity index (χ0v) is 14.9. The van der Waals surface area contributed by atoms with E-state index in [9.17, 15) is 0 Å². The van der Waals surface area contributed by atoms with Crippen molar-refractivity contribution in [1.29, 1.82) is 0 Å². The molecule has 1 atom stereocenters. The molecule has 24 heavy (non-hydrogen) atoms. The molecule has 0 aliphatic carbocycles. The van der Waals surface area contributed by atoms with E-state index in [4.69, 9.17) is 9.52 Å². The third kappa shape index (κ3) is 3.70. The number of nitrogens with zero attached hydrogens (tertiary/aromatic N) is 3. The van der Waals surface area contributed by atoms with Crippen molar-refractivity contribution >= 4 is 11.4 Å². The molecule has 2 aromatic rings. The molecule has 1 aromatic carbocycles. The number of hydrazone groups is 1. The van der Waals surface area contributed by atoms with Gasteiger partial charge in [-0.05, 0) is 44.3 Å². The van der Waals surface area contributed by atoms with Gasteiger partial charge in [0.05, 0.1) is 5.69 Å². The first-order valence-electron chi connectivity index (χ1n) is 8.90. The molecule has 0 saturated carbocycles. The number of rotatable bonds is 7. The van der Waals surface area contributed by atoms with Gasteiger partial charge in [0.1, 0.15) is 17.6 Å². The van der Waals surface area contributed by atoms with Crippen LogP contribution in [-0.2, 0) is 0 Å². The van der Waals surface area contributed by atoms with Crippen LogP contribution in [0.15, 0.2) is 52.0 Å². The summed E-state index contributed by atoms with van der Waals surface area (Å²) >= 11 is 0. The number of para-hydroxylation sites is 1. The molecule has 0 bridgehead atoms. The van der Waals surface area contributed by atoms with Gasteiger partial charge in [-0.15, -0.1) is 0 Å². The minimum Gasteiger partial charge on any atom is -0.464 e. The van der Waals surface area contributed by atoms with Gasteiger partial charge in [0.15, 0.2) is 0 Å². The summed E-state index contributed by atoms with van der Waals surface area (Å²) in [7, 11) is 0. The van der Waals surface area contributed by atoms with Crippen LogP contribution in [0, 0.1) is 6.92 Å². The third-order valence-corrected chi connectivity index (χ3v) is 4.69. The van der Waals surface area contributed by atoms with Crippen LogP contribution in [-0.4, -0.2) is 30.2 Å². The van der Waals surface area contributed by atoms with Crippen molar-refractivity contribution in [2.24, 2.45) is 5.10 Å². The lowest BCUT2D eigenvalue weighted by Gasteiger charge is -2.21. The fourth-order valence-corrected chi connectivity index (χ4v) is 3.22. The maximum Gasteiger partial charge on any atom is 0.129 e. The SMILES string of the molecule is CCN(CC)CCC1=NN(c2ccccc2)C(c2ccc(C)o2)C1. The van der Waals surface area contributed by atoms with Crippen molar-refractivity contribution in [3.63, 3.8) is 0 Å². The number of anilines is 1. The van der Waals surface area contributed by atoms with Gasteiger partial charge in [-0.25, -0.2) is 0 Å². The lowest BCUT2D eigenvalue weighted by molar-refractivity contribution is 0.313. The van der Waals surface area contributed by atoms with Crippen LogP contribution in [0.2, 0.25) is 0 Å². The predicted octanol–water partition coefficient (Wildman–Crippen LogP) is 4.63. The van der Waals surface area contributed by atoms with Gasteiger partial charge in [0, 0.05) is 25.1 Å². The molecule has 0 saturated heterocycles. The van der Waals surface area contributed by atoms with E-state index in [1.165, 1.54) is 5.71 Å². The first kappa shape index (κ1) is 16.8. The summed E-state index contributed by atoms with van der Waals surface area (Å²) in [6.45, 7) is 9.67. The Balaban J connectivity index is 1.79. The molecule has 4 heteroatoms. The number of aryl methyl sites for hydroxylation is 1. The largest absolute Gasteiger partial charge is 0.464 e. The Bertz CT molecular complexity index is 673. The van der Waals surface area contributed by atoms with E-state index in [0.717, 1.165) is 49.7 Å². The van der Waals surface area contributed by atoms with E-state index in [1.54, 1.807) is 0 Å². The van der Waals surface area contributed by atoms with E-state index >= 15 is 0 Å². The van der Waals surface area contributed by atoms with Crippen molar-refractivity contribution in [3.05, 3.63) is 54.0 Å². The molecule has 1 aliphatic rings. The Kier molecular flexibility index (Phi) is 5.36. The van der Waals surface area contributed by atoms with E-state index in [-0.39, 0.29) is 6.04 Å². The molecule has 128 valence electrons. The topological polar surface area (TPSA) is 32.0 Å². The zero-order valence-electron chi connectivity index (χ0n) is 14.9. The highest BCUT2D eigenvalue weighted by molar-refractivity contribution is 5.89. The summed E-state index contributed by atoms with van der Waals surface area (Å²) in [6.07, 6.45) is 1.95. The lowest BCUT2D eigenvalue weighted by atomic mass is 10.1. The molecule has 2 heterocycles. The fraction of sp³-hybridized carbons (Fsp3) is 0.450. The highest BCUT2D eigenvalue weighted by Gasteiger charge is 2.31. The Hall–Kier alpha value is -2.07. The van der Waals surface area contributed by atoms with Crippen molar-refractivity contribution in [2.75, 3.05) is 24.6 Å². The van der Waals surface area contributed by atoms with Gasteiger partial charge in [0.2, 0.25) is 0 Å². The molecule has 0 fully saturated rings. The highest BCUT2D eigenvalue weighted by atomic mass is 16.3. The molecule has 0 amide bonds. The molecule has 0 spiro atoms. The second kappa shape index (κ2) is 7.67. The van der Waals surface area contributed by atoms with E-state index in [2.05, 4.69) is 54.1 Å². The molecule has 1 aromatic heterocycles. The molecular formula is C20H27N3O. The quantitative estimate of drug-likeness (QED) is 0.744. The summed E-state index contributed by atoms with van der Waals surface area (Å²) in [5.74, 6) is 1.95. The number of hydrogen-bond acceptors (Lipinski definition) is 4. The smallest absolute Gasteiger partial charge is 0.129 e. The highest BCUT2D eigenvalue weighted by Crippen LogP contribution is 2.36. The molecule has 1 unspecified atom stereocenters. The molecule has 3 rings (SSSR count). The van der Waals surface area contributed by atoms with Crippen molar-refractivity contribution in [3.8, 4) is 0 Å². The first-order valence-corrected chi connectivity index (χ1v) is 8.90. The Morgan fingerprint density at radius 2 is 1.88 bits per heavy atom. The van der Waals surface area contributed by atoms with Gasteiger partial charge in [0.25, 0.3) is 0 Å². The van der Waals surface area contributed by atoms with Gasteiger partial charge in [-0.1, -0.05) is 32.0 Å². The number of hydrogen-bond donors (Lipinski definition) is 0. The lowest BCUT2D eigenvalue weighted by Crippen LogP contribution is -2.25. The normalized spacial score (nSPS) is 17.6. The monoisotopic (exact) mass is 325 g/mol. The van der Waals surface area contributed by atoms with Gasteiger partial charge in [-0.2, -0.15) is 5.10 Å². The van der Waals surface area contributed by atoms with Crippen molar-refractivity contribution < 1.29 is 4.42 Å². The summed E-state index contributed by atoms with van der Waals surface area (Å²) in [5, 5.41) is 7.05. The summed E-state index contributed by atoms with van der Waals surface area (Å²) in [4.78, 5) is 2.44. The molecule has 4 nitrogen and oxygen atoms in total. The standard InChI is InChI=1S/C20H27N3O/c1-4-22(5-2)14-13-17-15-19(20-12-11-16(3)24-20)23(21-17)18-9-7-6-8-10-18/h6-12,19H,4-5,13-15H2,1-3H3. The average Bonchev–Trinajstić information content (AvgIpc) is 3.23. The maximum atomic E-state index is 5.91. The second-order valence-electron chi connectivity index (χ2n) is 6.29. The van der Waals surface area contributed by atoms with E-state index < -0.39 is 0 Å². The Morgan fingerprint density at radius 3 is 2.50 bits per heavy atom. The molecule has 0 radical (unpaired) electrons. The average molecular weight is 325 g/mol. The summed E-state index contributed by atoms with van der Waals surface area (Å²) in [5.41, 5.74) is 2.37. The number of benzene rings is 1.